The van der Waals surface area contributed by atoms with Gasteiger partial charge in [0.15, 0.2) is 0 Å². The van der Waals surface area contributed by atoms with E-state index in [9.17, 15) is 4.79 Å². The van der Waals surface area contributed by atoms with Gasteiger partial charge in [-0.3, -0.25) is 4.79 Å². The number of nitrogens with zero attached hydrogens (tertiary/aromatic N) is 2. The van der Waals surface area contributed by atoms with Crippen LogP contribution in [0.25, 0.3) is 0 Å². The highest BCUT2D eigenvalue weighted by molar-refractivity contribution is 5.92. The van der Waals surface area contributed by atoms with Gasteiger partial charge in [-0.1, -0.05) is 24.3 Å². The van der Waals surface area contributed by atoms with E-state index in [1.807, 2.05) is 55.5 Å². The fourth-order valence-electron chi connectivity index (χ4n) is 2.62. The summed E-state index contributed by atoms with van der Waals surface area (Å²) in [6.45, 7) is 2.53. The van der Waals surface area contributed by atoms with E-state index in [1.54, 1.807) is 13.3 Å². The number of anilines is 2. The van der Waals surface area contributed by atoms with Crippen molar-refractivity contribution in [3.63, 3.8) is 0 Å². The fraction of sp³-hybridized carbons (Fsp3) is 0.190. The molecule has 3 aromatic rings. The van der Waals surface area contributed by atoms with Crippen molar-refractivity contribution >= 4 is 17.4 Å². The minimum Gasteiger partial charge on any atom is -0.497 e. The largest absolute Gasteiger partial charge is 0.497 e. The molecule has 0 radical (unpaired) electrons. The van der Waals surface area contributed by atoms with Gasteiger partial charge >= 0.3 is 0 Å². The summed E-state index contributed by atoms with van der Waals surface area (Å²) in [7, 11) is 1.64. The zero-order valence-electron chi connectivity index (χ0n) is 15.4. The van der Waals surface area contributed by atoms with Crippen LogP contribution in [-0.2, 0) is 6.42 Å². The Bertz CT molecular complexity index is 910. The molecule has 1 aromatic heterocycles. The van der Waals surface area contributed by atoms with Crippen molar-refractivity contribution in [2.75, 3.05) is 19.0 Å². The van der Waals surface area contributed by atoms with Gasteiger partial charge in [0.1, 0.15) is 17.3 Å². The number of amides is 1. The maximum atomic E-state index is 12.2. The van der Waals surface area contributed by atoms with Crippen LogP contribution in [0.3, 0.4) is 0 Å². The maximum Gasteiger partial charge on any atom is 0.271 e. The first-order chi connectivity index (χ1) is 13.1. The molecular weight excluding hydrogens is 340 g/mol. The molecule has 0 bridgehead atoms. The lowest BCUT2D eigenvalue weighted by Crippen LogP contribution is -2.26. The van der Waals surface area contributed by atoms with E-state index in [0.717, 1.165) is 22.6 Å². The first kappa shape index (κ1) is 18.4. The maximum absolute atomic E-state index is 12.2. The lowest BCUT2D eigenvalue weighted by Gasteiger charge is -2.08. The Labute approximate surface area is 158 Å². The average molecular weight is 362 g/mol. The summed E-state index contributed by atoms with van der Waals surface area (Å²) in [6.07, 6.45) is 3.74. The number of rotatable bonds is 7. The van der Waals surface area contributed by atoms with Crippen LogP contribution in [0.1, 0.15) is 21.6 Å². The van der Waals surface area contributed by atoms with E-state index >= 15 is 0 Å². The lowest BCUT2D eigenvalue weighted by atomic mass is 10.1. The molecule has 0 unspecified atom stereocenters. The van der Waals surface area contributed by atoms with E-state index < -0.39 is 0 Å². The van der Waals surface area contributed by atoms with Gasteiger partial charge in [0.05, 0.1) is 19.5 Å². The summed E-state index contributed by atoms with van der Waals surface area (Å²) in [4.78, 5) is 20.7. The number of ether oxygens (including phenoxy) is 1. The van der Waals surface area contributed by atoms with Crippen LogP contribution >= 0.6 is 0 Å². The summed E-state index contributed by atoms with van der Waals surface area (Å²) in [5.41, 5.74) is 3.47. The molecule has 2 N–H and O–H groups in total. The number of carbonyl (C=O) groups is 1. The minimum absolute atomic E-state index is 0.243. The number of nitrogens with one attached hydrogen (secondary N) is 2. The molecule has 0 atom stereocenters. The number of aryl methyl sites for hydroxylation is 1. The highest BCUT2D eigenvalue weighted by Gasteiger charge is 2.08. The van der Waals surface area contributed by atoms with Crippen LogP contribution in [0, 0.1) is 6.92 Å². The molecule has 138 valence electrons. The first-order valence-electron chi connectivity index (χ1n) is 8.71. The van der Waals surface area contributed by atoms with Crippen molar-refractivity contribution in [1.29, 1.82) is 0 Å². The third-order valence-electron chi connectivity index (χ3n) is 4.01. The van der Waals surface area contributed by atoms with Gasteiger partial charge in [-0.15, -0.1) is 0 Å². The highest BCUT2D eigenvalue weighted by Crippen LogP contribution is 2.15. The molecule has 0 aliphatic heterocycles. The number of benzene rings is 2. The monoisotopic (exact) mass is 362 g/mol. The molecule has 6 heteroatoms. The quantitative estimate of drug-likeness (QED) is 0.673. The van der Waals surface area contributed by atoms with Crippen molar-refractivity contribution in [3.05, 3.63) is 77.7 Å². The molecule has 27 heavy (non-hydrogen) atoms. The third kappa shape index (κ3) is 5.28. The third-order valence-corrected chi connectivity index (χ3v) is 4.01. The molecule has 0 aliphatic rings. The zero-order valence-corrected chi connectivity index (χ0v) is 15.4. The molecule has 0 saturated carbocycles. The minimum atomic E-state index is -0.243. The number of methoxy groups -OCH3 is 1. The summed E-state index contributed by atoms with van der Waals surface area (Å²) in [5.74, 6) is 1.16. The zero-order chi connectivity index (χ0) is 19.1. The number of hydrogen-bond donors (Lipinski definition) is 2. The Kier molecular flexibility index (Phi) is 5.99. The van der Waals surface area contributed by atoms with Gasteiger partial charge in [0, 0.05) is 12.2 Å². The van der Waals surface area contributed by atoms with Crippen molar-refractivity contribution in [2.45, 2.75) is 13.3 Å². The second kappa shape index (κ2) is 8.80. The van der Waals surface area contributed by atoms with Gasteiger partial charge in [0.2, 0.25) is 0 Å². The predicted octanol–water partition coefficient (Wildman–Crippen LogP) is 3.51. The van der Waals surface area contributed by atoms with Gasteiger partial charge in [-0.25, -0.2) is 9.97 Å². The van der Waals surface area contributed by atoms with Crippen LogP contribution in [0.2, 0.25) is 0 Å². The first-order valence-corrected chi connectivity index (χ1v) is 8.71. The van der Waals surface area contributed by atoms with Gasteiger partial charge in [0.25, 0.3) is 5.91 Å². The smallest absolute Gasteiger partial charge is 0.271 e. The Balaban J connectivity index is 1.52. The van der Waals surface area contributed by atoms with E-state index in [0.29, 0.717) is 18.8 Å². The van der Waals surface area contributed by atoms with E-state index in [1.165, 1.54) is 6.20 Å². The normalized spacial score (nSPS) is 10.3. The van der Waals surface area contributed by atoms with Crippen molar-refractivity contribution in [3.8, 4) is 5.75 Å². The predicted molar refractivity (Wildman–Crippen MR) is 106 cm³/mol. The van der Waals surface area contributed by atoms with E-state index in [2.05, 4.69) is 20.6 Å². The Morgan fingerprint density at radius 3 is 2.67 bits per heavy atom. The summed E-state index contributed by atoms with van der Waals surface area (Å²) >= 11 is 0. The Hall–Kier alpha value is -3.41. The second-order valence-electron chi connectivity index (χ2n) is 6.14. The molecule has 0 aliphatic carbocycles. The van der Waals surface area contributed by atoms with E-state index in [-0.39, 0.29) is 11.6 Å². The molecular formula is C21H22N4O2. The number of aromatic nitrogens is 2. The Morgan fingerprint density at radius 2 is 1.93 bits per heavy atom. The molecule has 0 spiro atoms. The van der Waals surface area contributed by atoms with E-state index in [4.69, 9.17) is 4.74 Å². The van der Waals surface area contributed by atoms with Crippen LogP contribution < -0.4 is 15.4 Å². The SMILES string of the molecule is COc1cccc(CCNC(=O)c2cnc(Nc3cccc(C)c3)cn2)c1. The number of hydrogen-bond acceptors (Lipinski definition) is 5. The topological polar surface area (TPSA) is 76.1 Å². The fourth-order valence-corrected chi connectivity index (χ4v) is 2.62. The lowest BCUT2D eigenvalue weighted by molar-refractivity contribution is 0.0949. The van der Waals surface area contributed by atoms with Crippen LogP contribution in [0.4, 0.5) is 11.5 Å². The van der Waals surface area contributed by atoms with Crippen LogP contribution in [0.5, 0.6) is 5.75 Å². The van der Waals surface area contributed by atoms with Crippen molar-refractivity contribution in [2.24, 2.45) is 0 Å². The molecule has 1 amide bonds. The summed E-state index contributed by atoms with van der Waals surface area (Å²) < 4.78 is 5.20. The average Bonchev–Trinajstić information content (AvgIpc) is 2.69. The molecule has 0 fully saturated rings. The van der Waals surface area contributed by atoms with Gasteiger partial charge < -0.3 is 15.4 Å². The molecule has 1 heterocycles. The second-order valence-corrected chi connectivity index (χ2v) is 6.14. The van der Waals surface area contributed by atoms with Crippen LogP contribution in [0.15, 0.2) is 60.9 Å². The van der Waals surface area contributed by atoms with Gasteiger partial charge in [-0.2, -0.15) is 0 Å². The molecule has 3 rings (SSSR count). The molecule has 6 nitrogen and oxygen atoms in total. The standard InChI is InChI=1S/C21H22N4O2/c1-15-5-3-7-17(11-15)25-20-14-23-19(13-24-20)21(26)22-10-9-16-6-4-8-18(12-16)27-2/h3-8,11-14H,9-10H2,1-2H3,(H,22,26)(H,24,25). The Morgan fingerprint density at radius 1 is 1.07 bits per heavy atom. The summed E-state index contributed by atoms with van der Waals surface area (Å²) in [5, 5.41) is 6.03. The molecule has 2 aromatic carbocycles. The van der Waals surface area contributed by atoms with Crippen LogP contribution in [-0.4, -0.2) is 29.5 Å². The molecule has 0 saturated heterocycles. The van der Waals surface area contributed by atoms with Gasteiger partial charge in [-0.05, 0) is 48.7 Å². The van der Waals surface area contributed by atoms with Crippen molar-refractivity contribution < 1.29 is 9.53 Å². The number of carbonyl (C=O) groups excluding carboxylic acids is 1. The highest BCUT2D eigenvalue weighted by atomic mass is 16.5. The van der Waals surface area contributed by atoms with Crippen molar-refractivity contribution in [1.82, 2.24) is 15.3 Å². The summed E-state index contributed by atoms with van der Waals surface area (Å²) in [6, 6.07) is 15.7.